The first-order valence-electron chi connectivity index (χ1n) is 6.95. The molecule has 1 amide bonds. The molecule has 0 fully saturated rings. The Morgan fingerprint density at radius 3 is 2.91 bits per heavy atom. The van der Waals surface area contributed by atoms with Crippen LogP contribution in [0.15, 0.2) is 36.9 Å². The van der Waals surface area contributed by atoms with E-state index < -0.39 is 0 Å². The van der Waals surface area contributed by atoms with Gasteiger partial charge >= 0.3 is 0 Å². The molecule has 0 saturated carbocycles. The number of benzene rings is 1. The molecule has 0 spiro atoms. The summed E-state index contributed by atoms with van der Waals surface area (Å²) in [5.74, 6) is 0.362. The minimum Gasteiger partial charge on any atom is -0.487 e. The highest BCUT2D eigenvalue weighted by Crippen LogP contribution is 2.23. The van der Waals surface area contributed by atoms with E-state index in [4.69, 9.17) is 20.3 Å². The first-order chi connectivity index (χ1) is 10.7. The summed E-state index contributed by atoms with van der Waals surface area (Å²) in [5.41, 5.74) is 7.17. The summed E-state index contributed by atoms with van der Waals surface area (Å²) in [5, 5.41) is 11.2. The minimum atomic E-state index is -0.224. The zero-order valence-corrected chi connectivity index (χ0v) is 12.5. The quantitative estimate of drug-likeness (QED) is 0.259. The van der Waals surface area contributed by atoms with Crippen LogP contribution in [0.1, 0.15) is 5.56 Å². The Kier molecular flexibility index (Phi) is 8.40. The predicted octanol–water partition coefficient (Wildman–Crippen LogP) is 0.972. The molecule has 0 aromatic heterocycles. The molecular formula is C16H22N2O4. The minimum absolute atomic E-state index is 0.0260. The summed E-state index contributed by atoms with van der Waals surface area (Å²) in [6.45, 7) is 4.95. The number of aliphatic hydroxyl groups excluding tert-OH is 1. The molecule has 1 rings (SSSR count). The summed E-state index contributed by atoms with van der Waals surface area (Å²) in [7, 11) is 0. The van der Waals surface area contributed by atoms with Gasteiger partial charge in [-0.2, -0.15) is 0 Å². The zero-order valence-electron chi connectivity index (χ0n) is 12.5. The number of amides is 1. The van der Waals surface area contributed by atoms with Crippen LogP contribution >= 0.6 is 0 Å². The number of rotatable bonds is 10. The predicted molar refractivity (Wildman–Crippen MR) is 86.5 cm³/mol. The van der Waals surface area contributed by atoms with Gasteiger partial charge in [0, 0.05) is 12.6 Å². The van der Waals surface area contributed by atoms with Crippen LogP contribution in [0, 0.1) is 0 Å². The highest BCUT2D eigenvalue weighted by Gasteiger charge is 2.00. The number of hydrogen-bond donors (Lipinski definition) is 3. The lowest BCUT2D eigenvalue weighted by atomic mass is 10.1. The van der Waals surface area contributed by atoms with Gasteiger partial charge < -0.3 is 25.6 Å². The molecule has 0 heterocycles. The number of carbonyl (C=O) groups is 1. The fraction of sp³-hybridized carbons (Fsp3) is 0.312. The van der Waals surface area contributed by atoms with E-state index >= 15 is 0 Å². The van der Waals surface area contributed by atoms with E-state index in [0.29, 0.717) is 31.2 Å². The molecule has 0 unspecified atom stereocenters. The molecule has 0 aliphatic heterocycles. The number of anilines is 1. The number of carbonyl (C=O) groups excluding carboxylic acids is 1. The standard InChI is InChI=1S/C16H22N2O4/c1-2-9-22-15-5-3-13(12-14(15)17)4-6-16(20)18-7-10-21-11-8-19/h2-6,12,19H,1,7-11,17H2,(H,18,20)/b6-4-. The van der Waals surface area contributed by atoms with Crippen molar-refractivity contribution in [1.82, 2.24) is 5.32 Å². The molecule has 120 valence electrons. The van der Waals surface area contributed by atoms with Gasteiger partial charge in [-0.1, -0.05) is 18.7 Å². The van der Waals surface area contributed by atoms with Crippen LogP contribution < -0.4 is 15.8 Å². The Morgan fingerprint density at radius 1 is 1.41 bits per heavy atom. The summed E-state index contributed by atoms with van der Waals surface area (Å²) in [6, 6.07) is 5.29. The zero-order chi connectivity index (χ0) is 16.2. The van der Waals surface area contributed by atoms with Gasteiger partial charge in [0.2, 0.25) is 5.91 Å². The Morgan fingerprint density at radius 2 is 2.23 bits per heavy atom. The van der Waals surface area contributed by atoms with E-state index in [1.165, 1.54) is 6.08 Å². The molecule has 0 bridgehead atoms. The van der Waals surface area contributed by atoms with Gasteiger partial charge in [0.1, 0.15) is 12.4 Å². The maximum atomic E-state index is 11.6. The number of nitrogens with two attached hydrogens (primary N) is 1. The van der Waals surface area contributed by atoms with Crippen molar-refractivity contribution >= 4 is 17.7 Å². The topological polar surface area (TPSA) is 93.8 Å². The third-order valence-corrected chi connectivity index (χ3v) is 2.60. The van der Waals surface area contributed by atoms with Crippen molar-refractivity contribution in [1.29, 1.82) is 0 Å². The van der Waals surface area contributed by atoms with Gasteiger partial charge in [0.25, 0.3) is 0 Å². The van der Waals surface area contributed by atoms with E-state index in [1.54, 1.807) is 24.3 Å². The van der Waals surface area contributed by atoms with Crippen molar-refractivity contribution in [2.24, 2.45) is 0 Å². The number of ether oxygens (including phenoxy) is 2. The van der Waals surface area contributed by atoms with E-state index in [2.05, 4.69) is 11.9 Å². The van der Waals surface area contributed by atoms with Gasteiger partial charge in [-0.3, -0.25) is 4.79 Å². The van der Waals surface area contributed by atoms with E-state index in [-0.39, 0.29) is 19.1 Å². The van der Waals surface area contributed by atoms with Crippen molar-refractivity contribution < 1.29 is 19.4 Å². The third kappa shape index (κ3) is 6.92. The van der Waals surface area contributed by atoms with Crippen molar-refractivity contribution in [2.75, 3.05) is 38.7 Å². The number of nitrogen functional groups attached to an aromatic ring is 1. The van der Waals surface area contributed by atoms with Crippen LogP contribution in [0.5, 0.6) is 5.75 Å². The SMILES string of the molecule is C=CCOc1ccc(/C=C\C(=O)NCCOCCO)cc1N. The monoisotopic (exact) mass is 306 g/mol. The average Bonchev–Trinajstić information content (AvgIpc) is 2.52. The lowest BCUT2D eigenvalue weighted by Gasteiger charge is -2.07. The lowest BCUT2D eigenvalue weighted by Crippen LogP contribution is -2.25. The molecule has 0 radical (unpaired) electrons. The molecule has 1 aromatic rings. The molecule has 4 N–H and O–H groups in total. The number of nitrogens with one attached hydrogen (secondary N) is 1. The maximum Gasteiger partial charge on any atom is 0.244 e. The van der Waals surface area contributed by atoms with Crippen LogP contribution in [0.3, 0.4) is 0 Å². The second-order valence-electron chi connectivity index (χ2n) is 4.36. The summed E-state index contributed by atoms with van der Waals surface area (Å²) in [4.78, 5) is 11.6. The first kappa shape index (κ1) is 17.7. The lowest BCUT2D eigenvalue weighted by molar-refractivity contribution is -0.116. The van der Waals surface area contributed by atoms with E-state index in [0.717, 1.165) is 5.56 Å². The molecular weight excluding hydrogens is 284 g/mol. The van der Waals surface area contributed by atoms with Gasteiger partial charge in [0.15, 0.2) is 0 Å². The van der Waals surface area contributed by atoms with E-state index in [1.807, 2.05) is 6.07 Å². The fourth-order valence-electron chi connectivity index (χ4n) is 1.59. The number of aliphatic hydroxyl groups is 1. The van der Waals surface area contributed by atoms with Crippen molar-refractivity contribution in [2.45, 2.75) is 0 Å². The van der Waals surface area contributed by atoms with Crippen LogP contribution in [0.4, 0.5) is 5.69 Å². The van der Waals surface area contributed by atoms with Crippen molar-refractivity contribution in [3.63, 3.8) is 0 Å². The molecule has 1 aromatic carbocycles. The molecule has 0 aliphatic carbocycles. The van der Waals surface area contributed by atoms with Gasteiger partial charge in [-0.15, -0.1) is 0 Å². The van der Waals surface area contributed by atoms with Gasteiger partial charge in [0.05, 0.1) is 25.5 Å². The fourth-order valence-corrected chi connectivity index (χ4v) is 1.59. The second-order valence-corrected chi connectivity index (χ2v) is 4.36. The largest absolute Gasteiger partial charge is 0.487 e. The Hall–Kier alpha value is -2.31. The maximum absolute atomic E-state index is 11.6. The van der Waals surface area contributed by atoms with E-state index in [9.17, 15) is 4.79 Å². The molecule has 6 heteroatoms. The number of hydrogen-bond acceptors (Lipinski definition) is 5. The highest BCUT2D eigenvalue weighted by molar-refractivity contribution is 5.91. The van der Waals surface area contributed by atoms with Gasteiger partial charge in [-0.05, 0) is 23.8 Å². The Labute approximate surface area is 130 Å². The van der Waals surface area contributed by atoms with Crippen molar-refractivity contribution in [3.05, 3.63) is 42.5 Å². The van der Waals surface area contributed by atoms with Crippen LogP contribution in [-0.4, -0.2) is 44.0 Å². The molecule has 6 nitrogen and oxygen atoms in total. The van der Waals surface area contributed by atoms with Crippen molar-refractivity contribution in [3.8, 4) is 5.75 Å². The molecule has 0 aliphatic rings. The summed E-state index contributed by atoms with van der Waals surface area (Å²) >= 11 is 0. The Balaban J connectivity index is 2.43. The normalized spacial score (nSPS) is 10.6. The van der Waals surface area contributed by atoms with Gasteiger partial charge in [-0.25, -0.2) is 0 Å². The molecule has 0 saturated heterocycles. The smallest absolute Gasteiger partial charge is 0.244 e. The van der Waals surface area contributed by atoms with Crippen LogP contribution in [0.25, 0.3) is 6.08 Å². The third-order valence-electron chi connectivity index (χ3n) is 2.60. The molecule has 0 atom stereocenters. The first-order valence-corrected chi connectivity index (χ1v) is 6.95. The molecule has 22 heavy (non-hydrogen) atoms. The summed E-state index contributed by atoms with van der Waals surface area (Å²) in [6.07, 6.45) is 4.73. The summed E-state index contributed by atoms with van der Waals surface area (Å²) < 4.78 is 10.4. The van der Waals surface area contributed by atoms with Crippen LogP contribution in [0.2, 0.25) is 0 Å². The Bertz CT molecular complexity index is 515. The highest BCUT2D eigenvalue weighted by atomic mass is 16.5. The van der Waals surface area contributed by atoms with Crippen LogP contribution in [-0.2, 0) is 9.53 Å². The second kappa shape index (κ2) is 10.4. The average molecular weight is 306 g/mol.